The number of amides is 4. The van der Waals surface area contributed by atoms with Gasteiger partial charge in [0.05, 0.1) is 85.5 Å². The number of carbonyl (C=O) groups excluding carboxylic acids is 4. The number of carbonyl (C=O) groups is 4. The van der Waals surface area contributed by atoms with Crippen molar-refractivity contribution in [3.63, 3.8) is 0 Å². The molecule has 10 heteroatoms. The van der Waals surface area contributed by atoms with Crippen LogP contribution in [0.3, 0.4) is 0 Å². The summed E-state index contributed by atoms with van der Waals surface area (Å²) in [6.45, 7) is 54.7. The molecule has 0 bridgehead atoms. The quantitative estimate of drug-likeness (QED) is 0.0955. The molecule has 0 aromatic heterocycles. The highest BCUT2D eigenvalue weighted by Gasteiger charge is 2.51. The second-order valence-corrected chi connectivity index (χ2v) is 41.5. The molecular formula is C110H124N4O6. The van der Waals surface area contributed by atoms with Gasteiger partial charge in [0.25, 0.3) is 23.6 Å². The van der Waals surface area contributed by atoms with Crippen molar-refractivity contribution < 1.29 is 28.7 Å². The van der Waals surface area contributed by atoms with E-state index < -0.39 is 0 Å². The van der Waals surface area contributed by atoms with E-state index in [-0.39, 0.29) is 66.9 Å². The first-order valence-electron chi connectivity index (χ1n) is 42.5. The summed E-state index contributed by atoms with van der Waals surface area (Å²) in [5.74, 6) is 0.566. The van der Waals surface area contributed by atoms with Crippen LogP contribution < -0.4 is 9.47 Å². The highest BCUT2D eigenvalue weighted by atomic mass is 16.5. The SMILES string of the molecule is CC(C)(C)c1cc(CN2C(=O)C3=C(c4ccc(-c5ccccc5)cc4)N(Cc4cc(C(C)(C)C)cc(C(C)(C)C)c4)C(=O)C3=C2c2ccc(-c3ccccc3)cc2)cc(C(C)(C)C)c1.COc1cccc(C2=C3C(=O)N(Cc4cc(C(C)(C)C)cc(C(C)(C)C)c4)C(c4cccc(OC)c4)=C3C(=O)N2Cc2cc(C(C)(C)C)cc(C(C)(C)C)c2)c1. The average molecular weight is 1600 g/mol. The van der Waals surface area contributed by atoms with Crippen LogP contribution in [0.2, 0.25) is 0 Å². The third-order valence-electron chi connectivity index (χ3n) is 23.8. The second-order valence-electron chi connectivity index (χ2n) is 41.5. The van der Waals surface area contributed by atoms with Gasteiger partial charge in [0, 0.05) is 11.1 Å². The van der Waals surface area contributed by atoms with Crippen LogP contribution in [0.25, 0.3) is 45.0 Å². The van der Waals surface area contributed by atoms with E-state index in [1.54, 1.807) is 24.0 Å². The number of ether oxygens (including phenoxy) is 2. The number of hydrogen-bond donors (Lipinski definition) is 0. The lowest BCUT2D eigenvalue weighted by Gasteiger charge is -2.29. The minimum absolute atomic E-state index is 0.106. The molecule has 0 aliphatic carbocycles. The van der Waals surface area contributed by atoms with Crippen LogP contribution in [0, 0.1) is 0 Å². The Morgan fingerprint density at radius 1 is 0.208 bits per heavy atom. The van der Waals surface area contributed by atoms with Crippen molar-refractivity contribution in [1.29, 1.82) is 0 Å². The van der Waals surface area contributed by atoms with Crippen LogP contribution >= 0.6 is 0 Å². The molecule has 14 rings (SSSR count). The largest absolute Gasteiger partial charge is 0.497 e. The maximum atomic E-state index is 15.7. The Labute approximate surface area is 715 Å². The molecule has 0 saturated heterocycles. The van der Waals surface area contributed by atoms with Crippen molar-refractivity contribution in [3.05, 3.63) is 342 Å². The molecule has 4 amide bonds. The second kappa shape index (κ2) is 32.3. The summed E-state index contributed by atoms with van der Waals surface area (Å²) < 4.78 is 11.4. The van der Waals surface area contributed by atoms with Crippen molar-refractivity contribution in [2.45, 2.75) is 236 Å². The summed E-state index contributed by atoms with van der Waals surface area (Å²) in [5.41, 5.74) is 24.7. The molecule has 620 valence electrons. The van der Waals surface area contributed by atoms with Crippen LogP contribution in [0.4, 0.5) is 0 Å². The minimum Gasteiger partial charge on any atom is -0.497 e. The van der Waals surface area contributed by atoms with Crippen LogP contribution in [-0.2, 0) is 88.7 Å². The fourth-order valence-corrected chi connectivity index (χ4v) is 16.4. The Morgan fingerprint density at radius 2 is 0.392 bits per heavy atom. The average Bonchev–Trinajstić information content (AvgIpc) is 1.56. The maximum Gasteiger partial charge on any atom is 0.261 e. The zero-order valence-corrected chi connectivity index (χ0v) is 76.0. The lowest BCUT2D eigenvalue weighted by atomic mass is 9.79. The van der Waals surface area contributed by atoms with Gasteiger partial charge in [-0.1, -0.05) is 372 Å². The number of fused-ring (bicyclic) bond motifs is 2. The molecule has 4 heterocycles. The molecule has 0 fully saturated rings. The van der Waals surface area contributed by atoms with Gasteiger partial charge in [-0.05, 0) is 168 Å². The molecule has 0 atom stereocenters. The molecule has 4 aliphatic heterocycles. The van der Waals surface area contributed by atoms with E-state index in [4.69, 9.17) is 9.47 Å². The zero-order valence-electron chi connectivity index (χ0n) is 76.0. The summed E-state index contributed by atoms with van der Waals surface area (Å²) >= 11 is 0. The normalized spacial score (nSPS) is 15.1. The van der Waals surface area contributed by atoms with Gasteiger partial charge in [-0.15, -0.1) is 0 Å². The first kappa shape index (κ1) is 86.5. The van der Waals surface area contributed by atoms with Gasteiger partial charge in [-0.3, -0.25) is 19.2 Å². The zero-order chi connectivity index (χ0) is 87.1. The maximum absolute atomic E-state index is 15.7. The van der Waals surface area contributed by atoms with Crippen molar-refractivity contribution >= 4 is 46.4 Å². The van der Waals surface area contributed by atoms with E-state index in [0.717, 1.165) is 66.8 Å². The third-order valence-corrected chi connectivity index (χ3v) is 23.8. The Morgan fingerprint density at radius 3 is 0.592 bits per heavy atom. The lowest BCUT2D eigenvalue weighted by molar-refractivity contribution is -0.124. The molecular weight excluding hydrogens is 1470 g/mol. The monoisotopic (exact) mass is 1600 g/mol. The first-order chi connectivity index (χ1) is 56.1. The van der Waals surface area contributed by atoms with E-state index in [0.29, 0.717) is 82.8 Å². The van der Waals surface area contributed by atoms with Gasteiger partial charge < -0.3 is 29.1 Å². The molecule has 10 aromatic carbocycles. The molecule has 10 aromatic rings. The smallest absolute Gasteiger partial charge is 0.261 e. The van der Waals surface area contributed by atoms with Crippen LogP contribution in [0.15, 0.2) is 253 Å². The Hall–Kier alpha value is -11.4. The molecule has 4 aliphatic rings. The first-order valence-corrected chi connectivity index (χ1v) is 42.5. The van der Waals surface area contributed by atoms with E-state index >= 15 is 19.2 Å². The molecule has 0 N–H and O–H groups in total. The van der Waals surface area contributed by atoms with Crippen LogP contribution in [-0.4, -0.2) is 57.4 Å². The van der Waals surface area contributed by atoms with Crippen LogP contribution in [0.1, 0.15) is 255 Å². The summed E-state index contributed by atoms with van der Waals surface area (Å²) in [6.07, 6.45) is 0. The fraction of sp³-hybridized carbons (Fsp3) is 0.345. The predicted molar refractivity (Wildman–Crippen MR) is 495 cm³/mol. The third kappa shape index (κ3) is 18.1. The van der Waals surface area contributed by atoms with Gasteiger partial charge in [-0.25, -0.2) is 0 Å². The molecule has 0 spiro atoms. The minimum atomic E-state index is -0.205. The van der Waals surface area contributed by atoms with Gasteiger partial charge in [0.15, 0.2) is 0 Å². The number of methoxy groups -OCH3 is 2. The Bertz CT molecular complexity index is 5290. The van der Waals surface area contributed by atoms with Gasteiger partial charge >= 0.3 is 0 Å². The van der Waals surface area contributed by atoms with E-state index in [1.165, 1.54) is 44.5 Å². The molecule has 0 saturated carbocycles. The van der Waals surface area contributed by atoms with Crippen molar-refractivity contribution in [1.82, 2.24) is 19.6 Å². The highest BCUT2D eigenvalue weighted by Crippen LogP contribution is 2.52. The summed E-state index contributed by atoms with van der Waals surface area (Å²) in [4.78, 5) is 69.4. The highest BCUT2D eigenvalue weighted by molar-refractivity contribution is 6.31. The Kier molecular flexibility index (Phi) is 23.3. The van der Waals surface area contributed by atoms with Gasteiger partial charge in [0.1, 0.15) is 11.5 Å². The molecule has 10 nitrogen and oxygen atoms in total. The summed E-state index contributed by atoms with van der Waals surface area (Å²) in [5, 5.41) is 0. The lowest BCUT2D eigenvalue weighted by Crippen LogP contribution is -2.30. The Balaban J connectivity index is 0.000000209. The number of hydrogen-bond acceptors (Lipinski definition) is 6. The van der Waals surface area contributed by atoms with Crippen molar-refractivity contribution in [3.8, 4) is 33.8 Å². The summed E-state index contributed by atoms with van der Waals surface area (Å²) in [7, 11) is 3.26. The number of benzene rings is 10. The standard InChI is InChI=1S/C60H64N2O2.C50H60N2O4/c1-57(2,3)47-31-39(32-48(35-47)58(4,5)6)37-61-53(45-27-23-43(24-28-45)41-19-15-13-16-20-41)51-52(55(61)63)54(46-29-25-44(26-30-46)42-21-17-14-18-22-42)62(56(51)64)38-40-33-49(59(7,8)9)36-50(34-40)60(10,11)12;1-47(2,3)35-21-31(22-36(27-35)48(4,5)6)29-51-43(33-17-15-19-39(25-33)55-13)41-42(45(51)53)44(34-18-16-20-40(26-34)56-14)52(46(41)54)30-32-23-37(49(7,8)9)28-38(24-32)50(10,11)12/h13-36H,37-38H2,1-12H3;15-28H,29-30H2,1-14H3. The predicted octanol–water partition coefficient (Wildman–Crippen LogP) is 25.5. The van der Waals surface area contributed by atoms with Gasteiger partial charge in [0.2, 0.25) is 0 Å². The molecule has 0 radical (unpaired) electrons. The number of rotatable bonds is 16. The number of nitrogens with zero attached hydrogens (tertiary/aromatic N) is 4. The molecule has 120 heavy (non-hydrogen) atoms. The van der Waals surface area contributed by atoms with Crippen molar-refractivity contribution in [2.75, 3.05) is 14.2 Å². The topological polar surface area (TPSA) is 99.7 Å². The van der Waals surface area contributed by atoms with E-state index in [9.17, 15) is 0 Å². The van der Waals surface area contributed by atoms with Gasteiger partial charge in [-0.2, -0.15) is 0 Å². The van der Waals surface area contributed by atoms with Crippen LogP contribution in [0.5, 0.6) is 11.5 Å². The molecule has 0 unspecified atom stereocenters. The van der Waals surface area contributed by atoms with E-state index in [1.807, 2.05) is 94.7 Å². The fourth-order valence-electron chi connectivity index (χ4n) is 16.4. The van der Waals surface area contributed by atoms with Crippen molar-refractivity contribution in [2.24, 2.45) is 0 Å². The summed E-state index contributed by atoms with van der Waals surface area (Å²) in [6, 6.07) is 79.7. The van der Waals surface area contributed by atoms with E-state index in [2.05, 4.69) is 312 Å².